The molecular formula is C12H21BrO. The predicted molar refractivity (Wildman–Crippen MR) is 62.8 cm³/mol. The first-order valence-electron chi connectivity index (χ1n) is 5.93. The maximum Gasteiger partial charge on any atom is 0.0471 e. The van der Waals surface area contributed by atoms with E-state index in [0.717, 1.165) is 31.5 Å². The van der Waals surface area contributed by atoms with E-state index in [1.165, 1.54) is 31.0 Å². The minimum Gasteiger partial charge on any atom is -0.381 e. The summed E-state index contributed by atoms with van der Waals surface area (Å²) in [6.07, 6.45) is 6.85. The molecule has 2 aliphatic carbocycles. The van der Waals surface area contributed by atoms with Crippen molar-refractivity contribution in [2.45, 2.75) is 39.0 Å². The number of alkyl halides is 1. The smallest absolute Gasteiger partial charge is 0.0471 e. The summed E-state index contributed by atoms with van der Waals surface area (Å²) in [5.74, 6) is 2.16. The highest BCUT2D eigenvalue weighted by Gasteiger charge is 2.52. The van der Waals surface area contributed by atoms with Crippen LogP contribution in [0.25, 0.3) is 0 Å². The zero-order valence-corrected chi connectivity index (χ0v) is 10.7. The van der Waals surface area contributed by atoms with Crippen LogP contribution in [0.15, 0.2) is 0 Å². The quantitative estimate of drug-likeness (QED) is 0.524. The summed E-state index contributed by atoms with van der Waals surface area (Å²) in [6.45, 7) is 4.08. The van der Waals surface area contributed by atoms with Gasteiger partial charge in [-0.1, -0.05) is 22.9 Å². The van der Waals surface area contributed by atoms with Crippen LogP contribution in [-0.4, -0.2) is 18.5 Å². The molecule has 14 heavy (non-hydrogen) atoms. The van der Waals surface area contributed by atoms with E-state index < -0.39 is 0 Å². The molecule has 0 aromatic heterocycles. The third-order valence-electron chi connectivity index (χ3n) is 3.87. The SMILES string of the molecule is CCCOCCC1(CBr)CC2CC2C1. The summed E-state index contributed by atoms with van der Waals surface area (Å²) in [6, 6.07) is 0. The predicted octanol–water partition coefficient (Wildman–Crippen LogP) is 3.61. The van der Waals surface area contributed by atoms with Gasteiger partial charge in [0, 0.05) is 18.5 Å². The van der Waals surface area contributed by atoms with Crippen molar-refractivity contribution in [3.8, 4) is 0 Å². The van der Waals surface area contributed by atoms with Crippen LogP contribution in [-0.2, 0) is 4.74 Å². The minimum atomic E-state index is 0.599. The van der Waals surface area contributed by atoms with Crippen LogP contribution in [0.4, 0.5) is 0 Å². The molecule has 2 fully saturated rings. The number of ether oxygens (including phenoxy) is 1. The summed E-state index contributed by atoms with van der Waals surface area (Å²) < 4.78 is 5.60. The van der Waals surface area contributed by atoms with Crippen LogP contribution < -0.4 is 0 Å². The Balaban J connectivity index is 1.70. The Morgan fingerprint density at radius 3 is 2.57 bits per heavy atom. The van der Waals surface area contributed by atoms with Gasteiger partial charge in [0.2, 0.25) is 0 Å². The maximum absolute atomic E-state index is 5.60. The van der Waals surface area contributed by atoms with Crippen molar-refractivity contribution in [2.75, 3.05) is 18.5 Å². The lowest BCUT2D eigenvalue weighted by Crippen LogP contribution is -2.23. The highest BCUT2D eigenvalue weighted by Crippen LogP contribution is 2.61. The van der Waals surface area contributed by atoms with Gasteiger partial charge in [0.1, 0.15) is 0 Å². The van der Waals surface area contributed by atoms with E-state index in [1.807, 2.05) is 0 Å². The van der Waals surface area contributed by atoms with Crippen molar-refractivity contribution in [1.29, 1.82) is 0 Å². The fourth-order valence-corrected chi connectivity index (χ4v) is 3.66. The molecule has 1 nitrogen and oxygen atoms in total. The number of hydrogen-bond acceptors (Lipinski definition) is 1. The molecule has 0 aliphatic heterocycles. The van der Waals surface area contributed by atoms with Gasteiger partial charge < -0.3 is 4.74 Å². The molecule has 0 aromatic carbocycles. The highest BCUT2D eigenvalue weighted by atomic mass is 79.9. The van der Waals surface area contributed by atoms with E-state index in [9.17, 15) is 0 Å². The molecule has 0 bridgehead atoms. The fourth-order valence-electron chi connectivity index (χ4n) is 2.92. The molecule has 0 amide bonds. The molecule has 2 aliphatic rings. The number of hydrogen-bond donors (Lipinski definition) is 0. The molecule has 2 saturated carbocycles. The van der Waals surface area contributed by atoms with Gasteiger partial charge in [0.25, 0.3) is 0 Å². The van der Waals surface area contributed by atoms with E-state index in [2.05, 4.69) is 22.9 Å². The van der Waals surface area contributed by atoms with Gasteiger partial charge in [-0.05, 0) is 49.4 Å². The largest absolute Gasteiger partial charge is 0.381 e. The van der Waals surface area contributed by atoms with Gasteiger partial charge in [-0.15, -0.1) is 0 Å². The molecule has 0 heterocycles. The van der Waals surface area contributed by atoms with Crippen LogP contribution in [0, 0.1) is 17.3 Å². The average Bonchev–Trinajstić information content (AvgIpc) is 2.82. The zero-order valence-electron chi connectivity index (χ0n) is 9.10. The van der Waals surface area contributed by atoms with Crippen LogP contribution in [0.3, 0.4) is 0 Å². The molecule has 2 atom stereocenters. The molecule has 0 radical (unpaired) electrons. The Morgan fingerprint density at radius 1 is 1.29 bits per heavy atom. The zero-order chi connectivity index (χ0) is 10.0. The molecule has 2 heteroatoms. The Labute approximate surface area is 95.7 Å². The van der Waals surface area contributed by atoms with Crippen molar-refractivity contribution in [1.82, 2.24) is 0 Å². The lowest BCUT2D eigenvalue weighted by Gasteiger charge is -2.28. The van der Waals surface area contributed by atoms with Crippen molar-refractivity contribution < 1.29 is 4.74 Å². The van der Waals surface area contributed by atoms with E-state index in [-0.39, 0.29) is 0 Å². The molecule has 2 unspecified atom stereocenters. The Morgan fingerprint density at radius 2 is 2.00 bits per heavy atom. The number of halogens is 1. The Hall–Kier alpha value is 0.440. The third-order valence-corrected chi connectivity index (χ3v) is 5.06. The van der Waals surface area contributed by atoms with E-state index in [1.54, 1.807) is 0 Å². The topological polar surface area (TPSA) is 9.23 Å². The minimum absolute atomic E-state index is 0.599. The van der Waals surface area contributed by atoms with E-state index >= 15 is 0 Å². The average molecular weight is 261 g/mol. The second-order valence-corrected chi connectivity index (χ2v) is 5.72. The Kier molecular flexibility index (Phi) is 3.54. The van der Waals surface area contributed by atoms with Crippen molar-refractivity contribution >= 4 is 15.9 Å². The number of rotatable bonds is 6. The van der Waals surface area contributed by atoms with Gasteiger partial charge in [0.15, 0.2) is 0 Å². The lowest BCUT2D eigenvalue weighted by atomic mass is 9.82. The van der Waals surface area contributed by atoms with Crippen molar-refractivity contribution in [3.05, 3.63) is 0 Å². The summed E-state index contributed by atoms with van der Waals surface area (Å²) in [7, 11) is 0. The van der Waals surface area contributed by atoms with Gasteiger partial charge in [-0.25, -0.2) is 0 Å². The first kappa shape index (κ1) is 10.9. The van der Waals surface area contributed by atoms with Gasteiger partial charge in [-0.2, -0.15) is 0 Å². The second-order valence-electron chi connectivity index (χ2n) is 5.16. The van der Waals surface area contributed by atoms with Gasteiger partial charge >= 0.3 is 0 Å². The highest BCUT2D eigenvalue weighted by molar-refractivity contribution is 9.09. The van der Waals surface area contributed by atoms with Gasteiger partial charge in [0.05, 0.1) is 0 Å². The first-order valence-corrected chi connectivity index (χ1v) is 7.05. The van der Waals surface area contributed by atoms with Crippen LogP contribution in [0.2, 0.25) is 0 Å². The van der Waals surface area contributed by atoms with Gasteiger partial charge in [-0.3, -0.25) is 0 Å². The third kappa shape index (κ3) is 2.33. The molecule has 0 aromatic rings. The second kappa shape index (κ2) is 4.52. The molecule has 0 N–H and O–H groups in total. The van der Waals surface area contributed by atoms with E-state index in [0.29, 0.717) is 5.41 Å². The summed E-state index contributed by atoms with van der Waals surface area (Å²) in [4.78, 5) is 0. The first-order chi connectivity index (χ1) is 6.79. The monoisotopic (exact) mass is 260 g/mol. The summed E-state index contributed by atoms with van der Waals surface area (Å²) in [5, 5.41) is 1.18. The molecule has 82 valence electrons. The van der Waals surface area contributed by atoms with Crippen molar-refractivity contribution in [3.63, 3.8) is 0 Å². The van der Waals surface area contributed by atoms with Crippen LogP contribution >= 0.6 is 15.9 Å². The number of fused-ring (bicyclic) bond motifs is 1. The van der Waals surface area contributed by atoms with Crippen LogP contribution in [0.1, 0.15) is 39.0 Å². The summed E-state index contributed by atoms with van der Waals surface area (Å²) >= 11 is 3.70. The molecule has 0 spiro atoms. The molecular weight excluding hydrogens is 240 g/mol. The molecule has 0 saturated heterocycles. The standard InChI is InChI=1S/C12H21BrO/c1-2-4-14-5-3-12(9-13)7-10-6-11(10)8-12/h10-11H,2-9H2,1H3. The molecule has 2 rings (SSSR count). The normalized spacial score (nSPS) is 39.9. The van der Waals surface area contributed by atoms with Crippen molar-refractivity contribution in [2.24, 2.45) is 17.3 Å². The van der Waals surface area contributed by atoms with E-state index in [4.69, 9.17) is 4.74 Å². The maximum atomic E-state index is 5.60. The summed E-state index contributed by atoms with van der Waals surface area (Å²) in [5.41, 5.74) is 0.599. The lowest BCUT2D eigenvalue weighted by molar-refractivity contribution is 0.0986. The van der Waals surface area contributed by atoms with Crippen LogP contribution in [0.5, 0.6) is 0 Å². The fraction of sp³-hybridized carbons (Fsp3) is 1.00. The Bertz CT molecular complexity index is 183.